The first-order chi connectivity index (χ1) is 7.71. The van der Waals surface area contributed by atoms with E-state index in [-0.39, 0.29) is 10.7 Å². The number of carbonyl (C=O) groups is 1. The van der Waals surface area contributed by atoms with Crippen LogP contribution in [-0.2, 0) is 11.0 Å². The first-order valence-corrected chi connectivity index (χ1v) is 5.02. The number of alkyl halides is 3. The summed E-state index contributed by atoms with van der Waals surface area (Å²) in [5, 5.41) is 2.36. The molecule has 7 heteroatoms. The van der Waals surface area contributed by atoms with Gasteiger partial charge in [0.2, 0.25) is 5.91 Å². The maximum Gasteiger partial charge on any atom is 0.418 e. The van der Waals surface area contributed by atoms with Crippen LogP contribution in [0.2, 0.25) is 5.02 Å². The predicted molar refractivity (Wildman–Crippen MR) is 58.7 cm³/mol. The van der Waals surface area contributed by atoms with E-state index in [0.29, 0.717) is 0 Å². The molecule has 0 aliphatic carbocycles. The molecule has 1 amide bonds. The topological polar surface area (TPSA) is 55.1 Å². The van der Waals surface area contributed by atoms with E-state index in [1.54, 1.807) is 0 Å². The highest BCUT2D eigenvalue weighted by Crippen LogP contribution is 2.36. The van der Waals surface area contributed by atoms with Crippen molar-refractivity contribution in [3.63, 3.8) is 0 Å². The van der Waals surface area contributed by atoms with Crippen LogP contribution < -0.4 is 11.1 Å². The molecule has 0 aliphatic rings. The van der Waals surface area contributed by atoms with E-state index in [2.05, 4.69) is 5.32 Å². The molecule has 3 N–H and O–H groups in total. The summed E-state index contributed by atoms with van der Waals surface area (Å²) >= 11 is 5.50. The van der Waals surface area contributed by atoms with Crippen molar-refractivity contribution >= 4 is 23.2 Å². The minimum atomic E-state index is -4.55. The quantitative estimate of drug-likeness (QED) is 0.884. The van der Waals surface area contributed by atoms with Gasteiger partial charge in [-0.1, -0.05) is 11.6 Å². The summed E-state index contributed by atoms with van der Waals surface area (Å²) in [6, 6.07) is 2.34. The number of halogens is 4. The van der Waals surface area contributed by atoms with Gasteiger partial charge >= 0.3 is 6.18 Å². The molecular weight excluding hydrogens is 257 g/mol. The fraction of sp³-hybridized carbons (Fsp3) is 0.300. The van der Waals surface area contributed by atoms with Crippen LogP contribution in [0.1, 0.15) is 12.5 Å². The molecule has 0 radical (unpaired) electrons. The maximum atomic E-state index is 12.7. The van der Waals surface area contributed by atoms with Crippen LogP contribution in [0.5, 0.6) is 0 Å². The lowest BCUT2D eigenvalue weighted by Crippen LogP contribution is -2.33. The van der Waals surface area contributed by atoms with Crippen molar-refractivity contribution in [1.82, 2.24) is 0 Å². The van der Waals surface area contributed by atoms with Crippen LogP contribution in [-0.4, -0.2) is 11.9 Å². The largest absolute Gasteiger partial charge is 0.418 e. The van der Waals surface area contributed by atoms with Crippen molar-refractivity contribution in [2.24, 2.45) is 5.73 Å². The highest BCUT2D eigenvalue weighted by atomic mass is 35.5. The molecule has 3 nitrogen and oxygen atoms in total. The van der Waals surface area contributed by atoms with E-state index in [4.69, 9.17) is 17.3 Å². The van der Waals surface area contributed by atoms with Crippen LogP contribution in [0, 0.1) is 0 Å². The van der Waals surface area contributed by atoms with Gasteiger partial charge in [-0.2, -0.15) is 13.2 Å². The van der Waals surface area contributed by atoms with Crippen LogP contribution >= 0.6 is 11.6 Å². The lowest BCUT2D eigenvalue weighted by Gasteiger charge is -2.17. The predicted octanol–water partition coefficient (Wildman–Crippen LogP) is 2.64. The molecule has 0 fully saturated rings. The number of anilines is 1. The van der Waals surface area contributed by atoms with Crippen LogP contribution in [0.3, 0.4) is 0 Å². The average molecular weight is 267 g/mol. The van der Waals surface area contributed by atoms with Crippen molar-refractivity contribution in [3.8, 4) is 0 Å². The second-order valence-corrected chi connectivity index (χ2v) is 3.89. The van der Waals surface area contributed by atoms with Crippen molar-refractivity contribution in [1.29, 1.82) is 0 Å². The van der Waals surface area contributed by atoms with Crippen LogP contribution in [0.15, 0.2) is 18.2 Å². The number of carbonyl (C=O) groups excluding carboxylic acids is 1. The summed E-state index contributed by atoms with van der Waals surface area (Å²) in [6.07, 6.45) is -4.55. The molecule has 1 unspecified atom stereocenters. The van der Waals surface area contributed by atoms with Crippen molar-refractivity contribution in [3.05, 3.63) is 28.8 Å². The third-order valence-corrected chi connectivity index (χ3v) is 2.32. The molecule has 17 heavy (non-hydrogen) atoms. The molecule has 0 aromatic heterocycles. The molecule has 1 aromatic rings. The lowest BCUT2D eigenvalue weighted by molar-refractivity contribution is -0.137. The van der Waals surface area contributed by atoms with Gasteiger partial charge in [0, 0.05) is 10.7 Å². The number of primary amides is 1. The number of nitrogens with two attached hydrogens (primary N) is 1. The molecule has 1 atom stereocenters. The normalized spacial score (nSPS) is 13.2. The summed E-state index contributed by atoms with van der Waals surface area (Å²) in [6.45, 7) is 1.37. The number of benzene rings is 1. The van der Waals surface area contributed by atoms with Crippen LogP contribution in [0.4, 0.5) is 18.9 Å². The van der Waals surface area contributed by atoms with E-state index in [1.165, 1.54) is 13.0 Å². The summed E-state index contributed by atoms with van der Waals surface area (Å²) < 4.78 is 38.0. The Kier molecular flexibility index (Phi) is 3.87. The first kappa shape index (κ1) is 13.6. The lowest BCUT2D eigenvalue weighted by atomic mass is 10.1. The van der Waals surface area contributed by atoms with Gasteiger partial charge in [0.25, 0.3) is 0 Å². The highest BCUT2D eigenvalue weighted by molar-refractivity contribution is 6.30. The molecule has 0 saturated carbocycles. The van der Waals surface area contributed by atoms with Gasteiger partial charge in [0.05, 0.1) is 5.56 Å². The standard InChI is InChI=1S/C10H10ClF3N2O/c1-5(9(15)17)16-8-3-2-6(11)4-7(8)10(12,13)14/h2-5,16H,1H3,(H2,15,17). The highest BCUT2D eigenvalue weighted by Gasteiger charge is 2.34. The molecule has 94 valence electrons. The van der Waals surface area contributed by atoms with Gasteiger partial charge < -0.3 is 11.1 Å². The zero-order valence-electron chi connectivity index (χ0n) is 8.81. The Labute approximate surface area is 101 Å². The van der Waals surface area contributed by atoms with Crippen molar-refractivity contribution in [2.45, 2.75) is 19.1 Å². The molecule has 0 heterocycles. The number of amides is 1. The molecule has 1 aromatic carbocycles. The summed E-state index contributed by atoms with van der Waals surface area (Å²) in [4.78, 5) is 10.8. The van der Waals surface area contributed by atoms with E-state index < -0.39 is 23.7 Å². The minimum absolute atomic E-state index is 0.0328. The fourth-order valence-electron chi connectivity index (χ4n) is 1.18. The third-order valence-electron chi connectivity index (χ3n) is 2.09. The van der Waals surface area contributed by atoms with Crippen LogP contribution in [0.25, 0.3) is 0 Å². The van der Waals surface area contributed by atoms with Gasteiger partial charge in [0.1, 0.15) is 6.04 Å². The Hall–Kier alpha value is -1.43. The van der Waals surface area contributed by atoms with E-state index >= 15 is 0 Å². The van der Waals surface area contributed by atoms with Crippen molar-refractivity contribution < 1.29 is 18.0 Å². The van der Waals surface area contributed by atoms with Gasteiger partial charge in [-0.25, -0.2) is 0 Å². The second kappa shape index (κ2) is 4.83. The van der Waals surface area contributed by atoms with Crippen molar-refractivity contribution in [2.75, 3.05) is 5.32 Å². The molecule has 1 rings (SSSR count). The zero-order valence-corrected chi connectivity index (χ0v) is 9.56. The molecule has 0 bridgehead atoms. The van der Waals surface area contributed by atoms with E-state index in [1.807, 2.05) is 0 Å². The molecule has 0 aliphatic heterocycles. The Bertz CT molecular complexity index is 434. The first-order valence-electron chi connectivity index (χ1n) is 4.64. The Morgan fingerprint density at radius 3 is 2.53 bits per heavy atom. The Morgan fingerprint density at radius 2 is 2.06 bits per heavy atom. The SMILES string of the molecule is CC(Nc1ccc(Cl)cc1C(F)(F)F)C(N)=O. The second-order valence-electron chi connectivity index (χ2n) is 3.46. The zero-order chi connectivity index (χ0) is 13.2. The summed E-state index contributed by atoms with van der Waals surface area (Å²) in [7, 11) is 0. The fourth-order valence-corrected chi connectivity index (χ4v) is 1.35. The van der Waals surface area contributed by atoms with Gasteiger partial charge in [0.15, 0.2) is 0 Å². The van der Waals surface area contributed by atoms with E-state index in [9.17, 15) is 18.0 Å². The third kappa shape index (κ3) is 3.52. The smallest absolute Gasteiger partial charge is 0.373 e. The van der Waals surface area contributed by atoms with Gasteiger partial charge in [-0.3, -0.25) is 4.79 Å². The average Bonchev–Trinajstić information content (AvgIpc) is 2.18. The Balaban J connectivity index is 3.11. The van der Waals surface area contributed by atoms with Gasteiger partial charge in [-0.05, 0) is 25.1 Å². The van der Waals surface area contributed by atoms with Gasteiger partial charge in [-0.15, -0.1) is 0 Å². The molecule has 0 spiro atoms. The van der Waals surface area contributed by atoms with E-state index in [0.717, 1.165) is 12.1 Å². The summed E-state index contributed by atoms with van der Waals surface area (Å²) in [5.41, 5.74) is 3.80. The number of nitrogens with one attached hydrogen (secondary N) is 1. The maximum absolute atomic E-state index is 12.7. The molecule has 0 saturated heterocycles. The number of rotatable bonds is 3. The monoisotopic (exact) mass is 266 g/mol. The summed E-state index contributed by atoms with van der Waals surface area (Å²) in [5.74, 6) is -0.743. The number of hydrogen-bond donors (Lipinski definition) is 2. The minimum Gasteiger partial charge on any atom is -0.373 e. The Morgan fingerprint density at radius 1 is 1.47 bits per heavy atom. The molecular formula is C10H10ClF3N2O. The number of hydrogen-bond acceptors (Lipinski definition) is 2.